The molecular formula is C43H53ClN4O5S. The lowest BCUT2D eigenvalue weighted by molar-refractivity contribution is -0.117. The van der Waals surface area contributed by atoms with E-state index in [0.717, 1.165) is 58.6 Å². The molecule has 4 aromatic carbocycles. The van der Waals surface area contributed by atoms with Crippen LogP contribution in [-0.2, 0) is 20.5 Å². The van der Waals surface area contributed by atoms with Crippen molar-refractivity contribution in [2.45, 2.75) is 83.7 Å². The Labute approximate surface area is 327 Å². The minimum atomic E-state index is -1.15. The molecule has 4 aromatic rings. The second-order valence-electron chi connectivity index (χ2n) is 14.7. The van der Waals surface area contributed by atoms with E-state index in [2.05, 4.69) is 35.3 Å². The summed E-state index contributed by atoms with van der Waals surface area (Å²) < 4.78 is 27.1. The Morgan fingerprint density at radius 1 is 0.926 bits per heavy atom. The maximum absolute atomic E-state index is 12.9. The summed E-state index contributed by atoms with van der Waals surface area (Å²) in [7, 11) is -1.15. The Morgan fingerprint density at radius 2 is 1.61 bits per heavy atom. The van der Waals surface area contributed by atoms with Crippen molar-refractivity contribution in [3.8, 4) is 16.9 Å². The molecule has 0 spiro atoms. The summed E-state index contributed by atoms with van der Waals surface area (Å²) in [4.78, 5) is 27.4. The molecular weight excluding hydrogens is 720 g/mol. The number of halogens is 1. The average Bonchev–Trinajstić information content (AvgIpc) is 3.14. The number of hydrogen-bond acceptors (Lipinski definition) is 6. The van der Waals surface area contributed by atoms with Gasteiger partial charge >= 0.3 is 0 Å². The number of nitrogens with one attached hydrogen (secondary N) is 3. The third-order valence-corrected chi connectivity index (χ3v) is 11.2. The van der Waals surface area contributed by atoms with Crippen LogP contribution in [0.4, 0.5) is 11.4 Å². The van der Waals surface area contributed by atoms with Crippen LogP contribution in [0.3, 0.4) is 0 Å². The first-order valence-electron chi connectivity index (χ1n) is 18.7. The van der Waals surface area contributed by atoms with Crippen molar-refractivity contribution in [2.24, 2.45) is 0 Å². The molecule has 0 fully saturated rings. The predicted octanol–water partition coefficient (Wildman–Crippen LogP) is 9.02. The van der Waals surface area contributed by atoms with Gasteiger partial charge in [0, 0.05) is 47.5 Å². The van der Waals surface area contributed by atoms with Crippen LogP contribution in [0.15, 0.2) is 91.0 Å². The standard InChI is InChI=1S/C43H53ClN4O5S/c1-7-8-39(47-54(51)43(4,5)6)32-13-20-37(21-14-32)53-26-25-52-24-23-45-42(50)33-11-9-31(10-12-33)34-15-22-41-38(28-34)40(27-29(2)48(41)30(3)49)46-36-18-16-35(44)17-19-36/h9-22,28-29,39-40,46-47H,7-8,23-27H2,1-6H3,(H,45,50)/t29-,39?,40+,54?/m1/s1. The van der Waals surface area contributed by atoms with Crippen LogP contribution >= 0.6 is 11.6 Å². The van der Waals surface area contributed by atoms with Gasteiger partial charge in [0.1, 0.15) is 12.4 Å². The van der Waals surface area contributed by atoms with Crippen molar-refractivity contribution in [1.82, 2.24) is 10.0 Å². The van der Waals surface area contributed by atoms with Gasteiger partial charge in [-0.3, -0.25) is 9.59 Å². The Balaban J connectivity index is 1.09. The molecule has 9 nitrogen and oxygen atoms in total. The molecule has 0 aromatic heterocycles. The van der Waals surface area contributed by atoms with Gasteiger partial charge in [0.25, 0.3) is 5.91 Å². The van der Waals surface area contributed by atoms with Crippen molar-refractivity contribution < 1.29 is 23.3 Å². The van der Waals surface area contributed by atoms with Gasteiger partial charge < -0.3 is 25.0 Å². The zero-order chi connectivity index (χ0) is 38.8. The maximum Gasteiger partial charge on any atom is 0.251 e. The summed E-state index contributed by atoms with van der Waals surface area (Å²) in [6, 6.07) is 29.3. The second-order valence-corrected chi connectivity index (χ2v) is 17.1. The average molecular weight is 773 g/mol. The number of nitrogens with zero attached hydrogens (tertiary/aromatic N) is 1. The van der Waals surface area contributed by atoms with Crippen LogP contribution in [0.1, 0.15) is 94.4 Å². The lowest BCUT2D eigenvalue weighted by atomic mass is 9.88. The molecule has 2 amide bonds. The Hall–Kier alpha value is -4.22. The summed E-state index contributed by atoms with van der Waals surface area (Å²) in [5.74, 6) is 0.579. The first kappa shape index (κ1) is 41.0. The Bertz CT molecular complexity index is 1880. The number of fused-ring (bicyclic) bond motifs is 1. The number of carbonyl (C=O) groups is 2. The van der Waals surface area contributed by atoms with Gasteiger partial charge in [0.15, 0.2) is 0 Å². The Kier molecular flexibility index (Phi) is 14.3. The normalized spacial score (nSPS) is 16.6. The smallest absolute Gasteiger partial charge is 0.251 e. The van der Waals surface area contributed by atoms with E-state index in [1.165, 1.54) is 0 Å². The van der Waals surface area contributed by atoms with Gasteiger partial charge in [-0.15, -0.1) is 0 Å². The van der Waals surface area contributed by atoms with E-state index >= 15 is 0 Å². The molecule has 2 unspecified atom stereocenters. The minimum Gasteiger partial charge on any atom is -0.491 e. The molecule has 0 saturated heterocycles. The van der Waals surface area contributed by atoms with Crippen molar-refractivity contribution in [2.75, 3.05) is 36.6 Å². The number of ether oxygens (including phenoxy) is 2. The topological polar surface area (TPSA) is 109 Å². The number of hydrogen-bond donors (Lipinski definition) is 3. The molecule has 11 heteroatoms. The van der Waals surface area contributed by atoms with E-state index in [9.17, 15) is 13.8 Å². The highest BCUT2D eigenvalue weighted by atomic mass is 35.5. The highest BCUT2D eigenvalue weighted by Gasteiger charge is 2.33. The second kappa shape index (κ2) is 18.9. The monoisotopic (exact) mass is 772 g/mol. The molecule has 0 radical (unpaired) electrons. The summed E-state index contributed by atoms with van der Waals surface area (Å²) in [5, 5.41) is 7.24. The number of carbonyl (C=O) groups excluding carboxylic acids is 2. The van der Waals surface area contributed by atoms with Crippen molar-refractivity contribution in [1.29, 1.82) is 0 Å². The third-order valence-electron chi connectivity index (χ3n) is 9.38. The van der Waals surface area contributed by atoms with Crippen LogP contribution in [0, 0.1) is 0 Å². The van der Waals surface area contributed by atoms with Crippen LogP contribution < -0.4 is 25.0 Å². The summed E-state index contributed by atoms with van der Waals surface area (Å²) >= 11 is 6.12. The molecule has 1 aliphatic rings. The summed E-state index contributed by atoms with van der Waals surface area (Å²) in [6.45, 7) is 13.2. The van der Waals surface area contributed by atoms with Gasteiger partial charge in [-0.05, 0) is 123 Å². The van der Waals surface area contributed by atoms with E-state index in [-0.39, 0.29) is 34.7 Å². The molecule has 5 rings (SSSR count). The van der Waals surface area contributed by atoms with Crippen LogP contribution in [0.25, 0.3) is 11.1 Å². The van der Waals surface area contributed by atoms with Gasteiger partial charge in [0.05, 0.1) is 35.0 Å². The lowest BCUT2D eigenvalue weighted by Gasteiger charge is -2.39. The number of amides is 2. The number of rotatable bonds is 16. The summed E-state index contributed by atoms with van der Waals surface area (Å²) in [5.41, 5.74) is 6.51. The highest BCUT2D eigenvalue weighted by Crippen LogP contribution is 2.41. The quantitative estimate of drug-likeness (QED) is 0.0982. The lowest BCUT2D eigenvalue weighted by Crippen LogP contribution is -2.43. The molecule has 0 aliphatic carbocycles. The van der Waals surface area contributed by atoms with E-state index in [0.29, 0.717) is 37.0 Å². The molecule has 3 N–H and O–H groups in total. The van der Waals surface area contributed by atoms with Gasteiger partial charge in [-0.1, -0.05) is 55.3 Å². The fourth-order valence-corrected chi connectivity index (χ4v) is 7.56. The largest absolute Gasteiger partial charge is 0.491 e. The first-order chi connectivity index (χ1) is 25.8. The SMILES string of the molecule is CCCC(NS(=O)C(C)(C)C)c1ccc(OCCOCCNC(=O)c2ccc(-c3ccc4c(c3)[C@@H](Nc3ccc(Cl)cc3)C[C@@H](C)N4C(C)=O)cc2)cc1. The van der Waals surface area contributed by atoms with Crippen LogP contribution in [-0.4, -0.2) is 53.2 Å². The molecule has 1 aliphatic heterocycles. The number of benzene rings is 4. The Morgan fingerprint density at radius 3 is 2.26 bits per heavy atom. The van der Waals surface area contributed by atoms with Crippen LogP contribution in [0.5, 0.6) is 5.75 Å². The summed E-state index contributed by atoms with van der Waals surface area (Å²) in [6.07, 6.45) is 2.62. The number of anilines is 2. The zero-order valence-corrected chi connectivity index (χ0v) is 33.7. The van der Waals surface area contributed by atoms with Crippen molar-refractivity contribution in [3.05, 3.63) is 113 Å². The van der Waals surface area contributed by atoms with Gasteiger partial charge in [0.2, 0.25) is 5.91 Å². The minimum absolute atomic E-state index is 0.00321. The zero-order valence-electron chi connectivity index (χ0n) is 32.1. The fourth-order valence-electron chi connectivity index (χ4n) is 6.57. The van der Waals surface area contributed by atoms with Crippen molar-refractivity contribution >= 4 is 45.8 Å². The molecule has 1 heterocycles. The molecule has 0 bridgehead atoms. The van der Waals surface area contributed by atoms with E-state index in [1.807, 2.05) is 111 Å². The molecule has 0 saturated carbocycles. The van der Waals surface area contributed by atoms with Gasteiger partial charge in [-0.25, -0.2) is 8.93 Å². The molecule has 4 atom stereocenters. The highest BCUT2D eigenvalue weighted by molar-refractivity contribution is 7.84. The van der Waals surface area contributed by atoms with Crippen LogP contribution in [0.2, 0.25) is 5.02 Å². The fraction of sp³-hybridized carbons (Fsp3) is 0.395. The van der Waals surface area contributed by atoms with Crippen molar-refractivity contribution in [3.63, 3.8) is 0 Å². The molecule has 54 heavy (non-hydrogen) atoms. The predicted molar refractivity (Wildman–Crippen MR) is 221 cm³/mol. The van der Waals surface area contributed by atoms with E-state index < -0.39 is 11.0 Å². The molecule has 288 valence electrons. The third kappa shape index (κ3) is 10.9. The maximum atomic E-state index is 12.9. The van der Waals surface area contributed by atoms with Gasteiger partial charge in [-0.2, -0.15) is 0 Å². The first-order valence-corrected chi connectivity index (χ1v) is 20.2. The van der Waals surface area contributed by atoms with E-state index in [4.69, 9.17) is 21.1 Å². The van der Waals surface area contributed by atoms with E-state index in [1.54, 1.807) is 6.92 Å².